The Bertz CT molecular complexity index is 229. The van der Waals surface area contributed by atoms with Gasteiger partial charge < -0.3 is 10.2 Å². The lowest BCUT2D eigenvalue weighted by Crippen LogP contribution is -2.49. The average Bonchev–Trinajstić information content (AvgIpc) is 2.75. The van der Waals surface area contributed by atoms with Crippen LogP contribution in [0.15, 0.2) is 0 Å². The molecule has 2 rings (SSSR count). The van der Waals surface area contributed by atoms with E-state index in [4.69, 9.17) is 0 Å². The molecule has 0 radical (unpaired) electrons. The Labute approximate surface area is 101 Å². The highest BCUT2D eigenvalue weighted by Gasteiger charge is 2.37. The van der Waals surface area contributed by atoms with Gasteiger partial charge in [0.15, 0.2) is 0 Å². The molecular formula is C14H28N2. The van der Waals surface area contributed by atoms with Crippen LogP contribution in [0.1, 0.15) is 52.9 Å². The quantitative estimate of drug-likeness (QED) is 0.790. The van der Waals surface area contributed by atoms with Crippen molar-refractivity contribution in [1.82, 2.24) is 10.2 Å². The zero-order valence-corrected chi connectivity index (χ0v) is 11.3. The molecule has 0 spiro atoms. The van der Waals surface area contributed by atoms with E-state index in [1.54, 1.807) is 0 Å². The second-order valence-electron chi connectivity index (χ2n) is 6.69. The standard InChI is InChI=1S/C14H28N2/c1-4-6-14(7-5-9-15-14)12-16-10-8-13(2,3)11-16/h15H,4-12H2,1-3H3. The minimum atomic E-state index is 0.454. The van der Waals surface area contributed by atoms with Gasteiger partial charge in [0.2, 0.25) is 0 Å². The summed E-state index contributed by atoms with van der Waals surface area (Å²) in [4.78, 5) is 2.69. The fourth-order valence-electron chi connectivity index (χ4n) is 3.56. The highest BCUT2D eigenvalue weighted by Crippen LogP contribution is 2.32. The predicted octanol–water partition coefficient (Wildman–Crippen LogP) is 2.64. The summed E-state index contributed by atoms with van der Waals surface area (Å²) >= 11 is 0. The molecule has 16 heavy (non-hydrogen) atoms. The molecule has 2 saturated heterocycles. The molecule has 0 aliphatic carbocycles. The van der Waals surface area contributed by atoms with E-state index in [-0.39, 0.29) is 0 Å². The summed E-state index contributed by atoms with van der Waals surface area (Å²) in [6.45, 7) is 12.2. The summed E-state index contributed by atoms with van der Waals surface area (Å²) in [6.07, 6.45) is 6.79. The smallest absolute Gasteiger partial charge is 0.0309 e. The first-order valence-corrected chi connectivity index (χ1v) is 7.03. The molecule has 0 amide bonds. The van der Waals surface area contributed by atoms with E-state index in [2.05, 4.69) is 31.0 Å². The van der Waals surface area contributed by atoms with Crippen molar-refractivity contribution in [3.63, 3.8) is 0 Å². The fourth-order valence-corrected chi connectivity index (χ4v) is 3.56. The Morgan fingerprint density at radius 1 is 1.25 bits per heavy atom. The Balaban J connectivity index is 1.91. The third kappa shape index (κ3) is 2.78. The van der Waals surface area contributed by atoms with Gasteiger partial charge in [0.05, 0.1) is 0 Å². The third-order valence-electron chi connectivity index (χ3n) is 4.34. The van der Waals surface area contributed by atoms with Crippen LogP contribution in [-0.4, -0.2) is 36.6 Å². The molecule has 0 aromatic heterocycles. The van der Waals surface area contributed by atoms with Crippen molar-refractivity contribution in [3.8, 4) is 0 Å². The summed E-state index contributed by atoms with van der Waals surface area (Å²) < 4.78 is 0. The maximum atomic E-state index is 3.78. The largest absolute Gasteiger partial charge is 0.310 e. The van der Waals surface area contributed by atoms with Crippen molar-refractivity contribution in [1.29, 1.82) is 0 Å². The molecule has 2 aliphatic heterocycles. The van der Waals surface area contributed by atoms with Gasteiger partial charge in [0.25, 0.3) is 0 Å². The van der Waals surface area contributed by atoms with Crippen LogP contribution in [0.4, 0.5) is 0 Å². The maximum absolute atomic E-state index is 3.78. The second-order valence-corrected chi connectivity index (χ2v) is 6.69. The molecule has 94 valence electrons. The summed E-state index contributed by atoms with van der Waals surface area (Å²) in [5.41, 5.74) is 1.00. The van der Waals surface area contributed by atoms with Crippen LogP contribution >= 0.6 is 0 Å². The zero-order valence-electron chi connectivity index (χ0n) is 11.3. The van der Waals surface area contributed by atoms with E-state index in [1.807, 2.05) is 0 Å². The van der Waals surface area contributed by atoms with Crippen LogP contribution in [0, 0.1) is 5.41 Å². The zero-order chi connectivity index (χ0) is 11.6. The lowest BCUT2D eigenvalue weighted by atomic mass is 9.90. The maximum Gasteiger partial charge on any atom is 0.0309 e. The van der Waals surface area contributed by atoms with Gasteiger partial charge in [-0.1, -0.05) is 27.2 Å². The van der Waals surface area contributed by atoms with Crippen LogP contribution < -0.4 is 5.32 Å². The SMILES string of the molecule is CCCC1(CN2CCC(C)(C)C2)CCCN1. The molecule has 2 fully saturated rings. The molecule has 0 saturated carbocycles. The molecule has 1 N–H and O–H groups in total. The van der Waals surface area contributed by atoms with Gasteiger partial charge in [-0.2, -0.15) is 0 Å². The molecule has 0 bridgehead atoms. The number of nitrogens with one attached hydrogen (secondary N) is 1. The van der Waals surface area contributed by atoms with Crippen molar-refractivity contribution in [3.05, 3.63) is 0 Å². The number of rotatable bonds is 4. The molecular weight excluding hydrogens is 196 g/mol. The Morgan fingerprint density at radius 2 is 2.06 bits per heavy atom. The minimum absolute atomic E-state index is 0.454. The fraction of sp³-hybridized carbons (Fsp3) is 1.00. The monoisotopic (exact) mass is 224 g/mol. The molecule has 0 aromatic carbocycles. The van der Waals surface area contributed by atoms with Crippen LogP contribution in [0.3, 0.4) is 0 Å². The van der Waals surface area contributed by atoms with Crippen molar-refractivity contribution in [2.45, 2.75) is 58.4 Å². The van der Waals surface area contributed by atoms with E-state index >= 15 is 0 Å². The third-order valence-corrected chi connectivity index (χ3v) is 4.34. The molecule has 1 unspecified atom stereocenters. The molecule has 2 aliphatic rings. The van der Waals surface area contributed by atoms with Crippen molar-refractivity contribution in [2.75, 3.05) is 26.2 Å². The topological polar surface area (TPSA) is 15.3 Å². The van der Waals surface area contributed by atoms with Gasteiger partial charge in [-0.25, -0.2) is 0 Å². The van der Waals surface area contributed by atoms with Gasteiger partial charge in [-0.15, -0.1) is 0 Å². The van der Waals surface area contributed by atoms with E-state index in [0.717, 1.165) is 0 Å². The van der Waals surface area contributed by atoms with Gasteiger partial charge in [0.1, 0.15) is 0 Å². The lowest BCUT2D eigenvalue weighted by molar-refractivity contribution is 0.198. The average molecular weight is 224 g/mol. The minimum Gasteiger partial charge on any atom is -0.310 e. The first-order valence-electron chi connectivity index (χ1n) is 7.03. The molecule has 1 atom stereocenters. The highest BCUT2D eigenvalue weighted by atomic mass is 15.2. The van der Waals surface area contributed by atoms with Crippen molar-refractivity contribution < 1.29 is 0 Å². The summed E-state index contributed by atoms with van der Waals surface area (Å²) in [6, 6.07) is 0. The van der Waals surface area contributed by atoms with E-state index in [1.165, 1.54) is 58.3 Å². The number of nitrogens with zero attached hydrogens (tertiary/aromatic N) is 1. The van der Waals surface area contributed by atoms with E-state index in [0.29, 0.717) is 11.0 Å². The molecule has 2 heterocycles. The van der Waals surface area contributed by atoms with Gasteiger partial charge in [0, 0.05) is 18.6 Å². The predicted molar refractivity (Wildman–Crippen MR) is 69.7 cm³/mol. The normalized spacial score (nSPS) is 34.7. The van der Waals surface area contributed by atoms with Crippen LogP contribution in [-0.2, 0) is 0 Å². The number of hydrogen-bond acceptors (Lipinski definition) is 2. The first-order chi connectivity index (χ1) is 7.55. The second kappa shape index (κ2) is 4.66. The van der Waals surface area contributed by atoms with Gasteiger partial charge >= 0.3 is 0 Å². The van der Waals surface area contributed by atoms with E-state index in [9.17, 15) is 0 Å². The number of likely N-dealkylation sites (tertiary alicyclic amines) is 1. The van der Waals surface area contributed by atoms with E-state index < -0.39 is 0 Å². The van der Waals surface area contributed by atoms with Crippen LogP contribution in [0.25, 0.3) is 0 Å². The Kier molecular flexibility index (Phi) is 3.60. The van der Waals surface area contributed by atoms with Crippen molar-refractivity contribution >= 4 is 0 Å². The van der Waals surface area contributed by atoms with Crippen LogP contribution in [0.2, 0.25) is 0 Å². The van der Waals surface area contributed by atoms with Crippen molar-refractivity contribution in [2.24, 2.45) is 5.41 Å². The molecule has 2 heteroatoms. The highest BCUT2D eigenvalue weighted by molar-refractivity contribution is 4.97. The van der Waals surface area contributed by atoms with Gasteiger partial charge in [-0.3, -0.25) is 0 Å². The van der Waals surface area contributed by atoms with Gasteiger partial charge in [-0.05, 0) is 44.2 Å². The Hall–Kier alpha value is -0.0800. The number of hydrogen-bond donors (Lipinski definition) is 1. The van der Waals surface area contributed by atoms with Crippen LogP contribution in [0.5, 0.6) is 0 Å². The lowest BCUT2D eigenvalue weighted by Gasteiger charge is -2.34. The summed E-state index contributed by atoms with van der Waals surface area (Å²) in [7, 11) is 0. The summed E-state index contributed by atoms with van der Waals surface area (Å²) in [5.74, 6) is 0. The molecule has 2 nitrogen and oxygen atoms in total. The molecule has 0 aromatic rings. The first kappa shape index (κ1) is 12.4. The summed E-state index contributed by atoms with van der Waals surface area (Å²) in [5, 5.41) is 3.78. The Morgan fingerprint density at radius 3 is 2.56 bits per heavy atom.